The lowest BCUT2D eigenvalue weighted by atomic mass is 10.0. The van der Waals surface area contributed by atoms with Crippen LogP contribution in [0.15, 0.2) is 24.3 Å². The molecular weight excluding hydrogens is 226 g/mol. The smallest absolute Gasteiger partial charge is 0.118 e. The number of benzene rings is 1. The number of nitrogens with zero attached hydrogens (tertiary/aromatic N) is 1. The number of methoxy groups -OCH3 is 1. The van der Waals surface area contributed by atoms with Gasteiger partial charge in [0.1, 0.15) is 5.75 Å². The van der Waals surface area contributed by atoms with E-state index in [0.717, 1.165) is 30.8 Å². The summed E-state index contributed by atoms with van der Waals surface area (Å²) in [4.78, 5) is 2.30. The van der Waals surface area contributed by atoms with Gasteiger partial charge >= 0.3 is 0 Å². The van der Waals surface area contributed by atoms with E-state index < -0.39 is 6.10 Å². The molecular formula is C15H25NO2. The summed E-state index contributed by atoms with van der Waals surface area (Å²) in [5.41, 5.74) is 0.942. The number of aliphatic hydroxyl groups is 1. The van der Waals surface area contributed by atoms with Gasteiger partial charge in [-0.2, -0.15) is 0 Å². The Labute approximate surface area is 110 Å². The molecule has 102 valence electrons. The fourth-order valence-electron chi connectivity index (χ4n) is 2.22. The van der Waals surface area contributed by atoms with Crippen molar-refractivity contribution in [1.82, 2.24) is 4.90 Å². The van der Waals surface area contributed by atoms with Crippen molar-refractivity contribution in [2.75, 3.05) is 20.2 Å². The lowest BCUT2D eigenvalue weighted by molar-refractivity contribution is 0.0607. The molecule has 0 saturated heterocycles. The molecule has 2 unspecified atom stereocenters. The zero-order chi connectivity index (χ0) is 13.5. The molecule has 0 aliphatic rings. The lowest BCUT2D eigenvalue weighted by Gasteiger charge is -2.31. The second-order valence-electron chi connectivity index (χ2n) is 4.59. The second kappa shape index (κ2) is 7.39. The first kappa shape index (κ1) is 15.0. The first-order chi connectivity index (χ1) is 8.63. The average molecular weight is 251 g/mol. The summed E-state index contributed by atoms with van der Waals surface area (Å²) in [6.45, 7) is 8.35. The molecule has 3 heteroatoms. The summed E-state index contributed by atoms with van der Waals surface area (Å²) in [5.74, 6) is 0.819. The van der Waals surface area contributed by atoms with E-state index in [9.17, 15) is 5.11 Å². The van der Waals surface area contributed by atoms with Crippen molar-refractivity contribution in [3.8, 4) is 5.75 Å². The van der Waals surface area contributed by atoms with Gasteiger partial charge in [0.05, 0.1) is 13.2 Å². The molecule has 0 aromatic heterocycles. The zero-order valence-corrected chi connectivity index (χ0v) is 11.9. The highest BCUT2D eigenvalue weighted by molar-refractivity contribution is 5.29. The molecule has 2 atom stereocenters. The summed E-state index contributed by atoms with van der Waals surface area (Å²) >= 11 is 0. The Balaban J connectivity index is 2.74. The minimum absolute atomic E-state index is 0.128. The molecule has 0 fully saturated rings. The third-order valence-electron chi connectivity index (χ3n) is 3.41. The second-order valence-corrected chi connectivity index (χ2v) is 4.59. The van der Waals surface area contributed by atoms with Crippen LogP contribution >= 0.6 is 0 Å². The number of ether oxygens (including phenoxy) is 1. The van der Waals surface area contributed by atoms with E-state index in [-0.39, 0.29) is 6.04 Å². The van der Waals surface area contributed by atoms with Crippen molar-refractivity contribution >= 4 is 0 Å². The Morgan fingerprint density at radius 3 is 2.28 bits per heavy atom. The van der Waals surface area contributed by atoms with Crippen LogP contribution in [-0.2, 0) is 0 Å². The van der Waals surface area contributed by atoms with Gasteiger partial charge in [-0.25, -0.2) is 0 Å². The van der Waals surface area contributed by atoms with Crippen LogP contribution in [0.25, 0.3) is 0 Å². The van der Waals surface area contributed by atoms with Crippen molar-refractivity contribution in [2.24, 2.45) is 0 Å². The molecule has 0 aliphatic heterocycles. The van der Waals surface area contributed by atoms with Crippen LogP contribution in [0, 0.1) is 0 Å². The summed E-state index contributed by atoms with van der Waals surface area (Å²) in [5, 5.41) is 10.4. The zero-order valence-electron chi connectivity index (χ0n) is 11.9. The molecule has 0 saturated carbocycles. The van der Waals surface area contributed by atoms with Crippen LogP contribution in [-0.4, -0.2) is 36.2 Å². The Morgan fingerprint density at radius 2 is 1.83 bits per heavy atom. The van der Waals surface area contributed by atoms with Gasteiger partial charge in [-0.15, -0.1) is 0 Å². The third kappa shape index (κ3) is 3.72. The largest absolute Gasteiger partial charge is 0.497 e. The highest BCUT2D eigenvalue weighted by Gasteiger charge is 2.21. The van der Waals surface area contributed by atoms with E-state index in [2.05, 4.69) is 25.7 Å². The van der Waals surface area contributed by atoms with Gasteiger partial charge in [0.2, 0.25) is 0 Å². The minimum Gasteiger partial charge on any atom is -0.497 e. The van der Waals surface area contributed by atoms with E-state index in [0.29, 0.717) is 0 Å². The van der Waals surface area contributed by atoms with Crippen molar-refractivity contribution < 1.29 is 9.84 Å². The molecule has 1 aromatic carbocycles. The highest BCUT2D eigenvalue weighted by Crippen LogP contribution is 2.23. The van der Waals surface area contributed by atoms with Crippen molar-refractivity contribution in [2.45, 2.75) is 39.3 Å². The van der Waals surface area contributed by atoms with Crippen LogP contribution in [0.1, 0.15) is 38.9 Å². The van der Waals surface area contributed by atoms with Crippen molar-refractivity contribution in [3.63, 3.8) is 0 Å². The maximum absolute atomic E-state index is 10.4. The molecule has 0 spiro atoms. The molecule has 0 radical (unpaired) electrons. The van der Waals surface area contributed by atoms with E-state index in [1.807, 2.05) is 24.3 Å². The molecule has 1 rings (SSSR count). The molecule has 1 aromatic rings. The summed E-state index contributed by atoms with van der Waals surface area (Å²) in [6, 6.07) is 7.77. The quantitative estimate of drug-likeness (QED) is 0.809. The number of hydrogen-bond acceptors (Lipinski definition) is 3. The fourth-order valence-corrected chi connectivity index (χ4v) is 2.22. The molecule has 18 heavy (non-hydrogen) atoms. The van der Waals surface area contributed by atoms with Crippen LogP contribution in [0.4, 0.5) is 0 Å². The summed E-state index contributed by atoms with van der Waals surface area (Å²) in [6.07, 6.45) is 0.649. The normalized spacial score (nSPS) is 14.6. The van der Waals surface area contributed by atoms with Crippen LogP contribution in [0.3, 0.4) is 0 Å². The Bertz CT molecular complexity index is 337. The van der Waals surface area contributed by atoms with Gasteiger partial charge in [-0.1, -0.05) is 26.0 Å². The Hall–Kier alpha value is -1.06. The van der Waals surface area contributed by atoms with Crippen LogP contribution < -0.4 is 4.74 Å². The fraction of sp³-hybridized carbons (Fsp3) is 0.600. The predicted molar refractivity (Wildman–Crippen MR) is 75.0 cm³/mol. The van der Waals surface area contributed by atoms with Gasteiger partial charge < -0.3 is 9.84 Å². The van der Waals surface area contributed by atoms with E-state index in [4.69, 9.17) is 4.74 Å². The SMILES string of the molecule is CCCN(CC)C(C)C(O)c1ccc(OC)cc1. The molecule has 3 nitrogen and oxygen atoms in total. The van der Waals surface area contributed by atoms with Gasteiger partial charge in [0.15, 0.2) is 0 Å². The first-order valence-corrected chi connectivity index (χ1v) is 6.70. The van der Waals surface area contributed by atoms with Gasteiger partial charge in [-0.05, 0) is 44.1 Å². The van der Waals surface area contributed by atoms with E-state index >= 15 is 0 Å². The van der Waals surface area contributed by atoms with Crippen molar-refractivity contribution in [3.05, 3.63) is 29.8 Å². The summed E-state index contributed by atoms with van der Waals surface area (Å²) < 4.78 is 5.12. The molecule has 0 aliphatic carbocycles. The molecule has 1 N–H and O–H groups in total. The van der Waals surface area contributed by atoms with Gasteiger partial charge in [0.25, 0.3) is 0 Å². The highest BCUT2D eigenvalue weighted by atomic mass is 16.5. The Morgan fingerprint density at radius 1 is 1.22 bits per heavy atom. The van der Waals surface area contributed by atoms with Gasteiger partial charge in [-0.3, -0.25) is 4.90 Å². The molecule has 0 amide bonds. The van der Waals surface area contributed by atoms with E-state index in [1.54, 1.807) is 7.11 Å². The van der Waals surface area contributed by atoms with Gasteiger partial charge in [0, 0.05) is 6.04 Å². The number of hydrogen-bond donors (Lipinski definition) is 1. The minimum atomic E-state index is -0.456. The lowest BCUT2D eigenvalue weighted by Crippen LogP contribution is -2.37. The summed E-state index contributed by atoms with van der Waals surface area (Å²) in [7, 11) is 1.65. The number of rotatable bonds is 7. The maximum atomic E-state index is 10.4. The average Bonchev–Trinajstić information content (AvgIpc) is 2.43. The monoisotopic (exact) mass is 251 g/mol. The maximum Gasteiger partial charge on any atom is 0.118 e. The van der Waals surface area contributed by atoms with Crippen LogP contribution in [0.5, 0.6) is 5.75 Å². The molecule has 0 bridgehead atoms. The molecule has 0 heterocycles. The predicted octanol–water partition coefficient (Wildman–Crippen LogP) is 2.85. The Kier molecular flexibility index (Phi) is 6.16. The topological polar surface area (TPSA) is 32.7 Å². The third-order valence-corrected chi connectivity index (χ3v) is 3.41. The van der Waals surface area contributed by atoms with E-state index in [1.165, 1.54) is 0 Å². The van der Waals surface area contributed by atoms with Crippen LogP contribution in [0.2, 0.25) is 0 Å². The number of aliphatic hydroxyl groups excluding tert-OH is 1. The number of likely N-dealkylation sites (N-methyl/N-ethyl adjacent to an activating group) is 1. The standard InChI is InChI=1S/C15H25NO2/c1-5-11-16(6-2)12(3)15(17)13-7-9-14(18-4)10-8-13/h7-10,12,15,17H,5-6,11H2,1-4H3. The van der Waals surface area contributed by atoms with Crippen molar-refractivity contribution in [1.29, 1.82) is 0 Å². The first-order valence-electron chi connectivity index (χ1n) is 6.70.